The third-order valence-electron chi connectivity index (χ3n) is 4.19. The summed E-state index contributed by atoms with van der Waals surface area (Å²) < 4.78 is 33.5. The maximum absolute atomic E-state index is 12.8. The molecular weight excluding hydrogens is 324 g/mol. The van der Waals surface area contributed by atoms with E-state index in [-0.39, 0.29) is 4.90 Å². The number of sulfonamides is 1. The summed E-state index contributed by atoms with van der Waals surface area (Å²) in [5, 5.41) is 0. The highest BCUT2D eigenvalue weighted by Crippen LogP contribution is 2.32. The molecule has 1 N–H and O–H groups in total. The Labute approximate surface area is 143 Å². The van der Waals surface area contributed by atoms with Gasteiger partial charge in [-0.15, -0.1) is 0 Å². The highest BCUT2D eigenvalue weighted by atomic mass is 32.2. The molecule has 0 radical (unpaired) electrons. The molecule has 0 saturated carbocycles. The second-order valence-corrected chi connectivity index (χ2v) is 7.56. The highest BCUT2D eigenvalue weighted by molar-refractivity contribution is 7.92. The fourth-order valence-electron chi connectivity index (χ4n) is 3.10. The van der Waals surface area contributed by atoms with Gasteiger partial charge in [0.2, 0.25) is 0 Å². The molecule has 0 amide bonds. The van der Waals surface area contributed by atoms with E-state index in [9.17, 15) is 8.42 Å². The minimum atomic E-state index is -3.70. The van der Waals surface area contributed by atoms with Crippen LogP contribution in [-0.2, 0) is 23.1 Å². The molecule has 0 spiro atoms. The van der Waals surface area contributed by atoms with Gasteiger partial charge in [0.1, 0.15) is 10.6 Å². The first-order valence-corrected chi connectivity index (χ1v) is 9.52. The maximum Gasteiger partial charge on any atom is 0.265 e. The number of hydrogen-bond acceptors (Lipinski definition) is 4. The molecule has 0 atom stereocenters. The maximum atomic E-state index is 12.8. The second kappa shape index (κ2) is 6.83. The van der Waals surface area contributed by atoms with Gasteiger partial charge in [-0.1, -0.05) is 31.2 Å². The zero-order valence-corrected chi connectivity index (χ0v) is 14.8. The van der Waals surface area contributed by atoms with Gasteiger partial charge >= 0.3 is 0 Å². The molecule has 5 nitrogen and oxygen atoms in total. The fourth-order valence-corrected chi connectivity index (χ4v) is 4.37. The Bertz CT molecular complexity index is 834. The first-order valence-electron chi connectivity index (χ1n) is 8.04. The molecule has 24 heavy (non-hydrogen) atoms. The van der Waals surface area contributed by atoms with Crippen LogP contribution in [0.25, 0.3) is 0 Å². The molecule has 6 heteroatoms. The van der Waals surface area contributed by atoms with E-state index in [1.54, 1.807) is 24.3 Å². The van der Waals surface area contributed by atoms with E-state index in [0.717, 1.165) is 31.6 Å². The second-order valence-electron chi connectivity index (χ2n) is 5.91. The van der Waals surface area contributed by atoms with Crippen molar-refractivity contribution >= 4 is 15.7 Å². The van der Waals surface area contributed by atoms with E-state index < -0.39 is 10.0 Å². The van der Waals surface area contributed by atoms with Crippen molar-refractivity contribution in [2.45, 2.75) is 31.3 Å². The number of para-hydroxylation sites is 1. The lowest BCUT2D eigenvalue weighted by atomic mass is 10.1. The van der Waals surface area contributed by atoms with Gasteiger partial charge in [-0.05, 0) is 42.3 Å². The average molecular weight is 346 g/mol. The van der Waals surface area contributed by atoms with Crippen LogP contribution in [0.1, 0.15) is 24.5 Å². The van der Waals surface area contributed by atoms with Crippen molar-refractivity contribution in [3.8, 4) is 5.75 Å². The molecular formula is C18H22N2O3S. The van der Waals surface area contributed by atoms with Crippen molar-refractivity contribution in [1.82, 2.24) is 4.90 Å². The standard InChI is InChI=1S/C18H22N2O3S/c1-3-11-20-12-14-7-6-8-16(15(14)13-20)19-24(21,22)18-10-5-4-9-17(18)23-2/h4-10,19H,3,11-13H2,1-2H3. The Hall–Kier alpha value is -2.05. The number of methoxy groups -OCH3 is 1. The average Bonchev–Trinajstić information content (AvgIpc) is 2.98. The monoisotopic (exact) mass is 346 g/mol. The van der Waals surface area contributed by atoms with Crippen molar-refractivity contribution in [1.29, 1.82) is 0 Å². The number of ether oxygens (including phenoxy) is 1. The van der Waals surface area contributed by atoms with Gasteiger partial charge in [0.15, 0.2) is 0 Å². The van der Waals surface area contributed by atoms with Crippen molar-refractivity contribution in [3.63, 3.8) is 0 Å². The van der Waals surface area contributed by atoms with E-state index in [0.29, 0.717) is 11.4 Å². The summed E-state index contributed by atoms with van der Waals surface area (Å²) in [5.74, 6) is 0.338. The van der Waals surface area contributed by atoms with E-state index in [1.807, 2.05) is 12.1 Å². The summed E-state index contributed by atoms with van der Waals surface area (Å²) in [4.78, 5) is 2.47. The molecule has 3 rings (SSSR count). The normalized spacial score (nSPS) is 14.4. The third-order valence-corrected chi connectivity index (χ3v) is 5.60. The van der Waals surface area contributed by atoms with Gasteiger partial charge in [0, 0.05) is 13.1 Å². The van der Waals surface area contributed by atoms with Crippen LogP contribution in [0.2, 0.25) is 0 Å². The fraction of sp³-hybridized carbons (Fsp3) is 0.333. The molecule has 1 aliphatic rings. The Balaban J connectivity index is 1.91. The lowest BCUT2D eigenvalue weighted by Gasteiger charge is -2.15. The van der Waals surface area contributed by atoms with Crippen molar-refractivity contribution in [3.05, 3.63) is 53.6 Å². The molecule has 0 aromatic heterocycles. The Kier molecular flexibility index (Phi) is 4.78. The lowest BCUT2D eigenvalue weighted by molar-refractivity contribution is 0.285. The first-order chi connectivity index (χ1) is 11.5. The molecule has 0 saturated heterocycles. The predicted molar refractivity (Wildman–Crippen MR) is 94.6 cm³/mol. The number of fused-ring (bicyclic) bond motifs is 1. The minimum Gasteiger partial charge on any atom is -0.495 e. The summed E-state index contributed by atoms with van der Waals surface area (Å²) in [5.41, 5.74) is 2.89. The Morgan fingerprint density at radius 1 is 1.12 bits per heavy atom. The molecule has 0 aliphatic carbocycles. The summed E-state index contributed by atoms with van der Waals surface area (Å²) in [6, 6.07) is 12.4. The number of hydrogen-bond donors (Lipinski definition) is 1. The quantitative estimate of drug-likeness (QED) is 0.872. The van der Waals surface area contributed by atoms with Gasteiger partial charge in [0.25, 0.3) is 10.0 Å². The molecule has 128 valence electrons. The zero-order chi connectivity index (χ0) is 17.2. The van der Waals surface area contributed by atoms with Crippen LogP contribution in [0.4, 0.5) is 5.69 Å². The summed E-state index contributed by atoms with van der Waals surface area (Å²) in [6.45, 7) is 4.79. The van der Waals surface area contributed by atoms with Crippen LogP contribution in [0, 0.1) is 0 Å². The van der Waals surface area contributed by atoms with Gasteiger partial charge < -0.3 is 4.74 Å². The third kappa shape index (κ3) is 3.25. The molecule has 0 bridgehead atoms. The van der Waals surface area contributed by atoms with Crippen molar-refractivity contribution in [2.75, 3.05) is 18.4 Å². The van der Waals surface area contributed by atoms with E-state index >= 15 is 0 Å². The van der Waals surface area contributed by atoms with Crippen LogP contribution in [0.15, 0.2) is 47.4 Å². The summed E-state index contributed by atoms with van der Waals surface area (Å²) in [7, 11) is -2.23. The SMILES string of the molecule is CCCN1Cc2cccc(NS(=O)(=O)c3ccccc3OC)c2C1. The van der Waals surface area contributed by atoms with Crippen LogP contribution in [-0.4, -0.2) is 27.0 Å². The van der Waals surface area contributed by atoms with Crippen LogP contribution < -0.4 is 9.46 Å². The van der Waals surface area contributed by atoms with Crippen molar-refractivity contribution in [2.24, 2.45) is 0 Å². The molecule has 0 fully saturated rings. The van der Waals surface area contributed by atoms with Gasteiger partial charge in [0.05, 0.1) is 12.8 Å². The number of anilines is 1. The number of nitrogens with zero attached hydrogens (tertiary/aromatic N) is 1. The first kappa shape index (κ1) is 16.8. The number of benzene rings is 2. The smallest absolute Gasteiger partial charge is 0.265 e. The topological polar surface area (TPSA) is 58.6 Å². The van der Waals surface area contributed by atoms with E-state index in [4.69, 9.17) is 4.74 Å². The zero-order valence-electron chi connectivity index (χ0n) is 14.0. The molecule has 1 aliphatic heterocycles. The molecule has 0 unspecified atom stereocenters. The van der Waals surface area contributed by atoms with Crippen LogP contribution in [0.3, 0.4) is 0 Å². The highest BCUT2D eigenvalue weighted by Gasteiger charge is 2.25. The molecule has 1 heterocycles. The Morgan fingerprint density at radius 2 is 1.92 bits per heavy atom. The van der Waals surface area contributed by atoms with E-state index in [1.165, 1.54) is 12.7 Å². The number of nitrogens with one attached hydrogen (secondary N) is 1. The van der Waals surface area contributed by atoms with Gasteiger partial charge in [-0.2, -0.15) is 0 Å². The van der Waals surface area contributed by atoms with E-state index in [2.05, 4.69) is 22.6 Å². The van der Waals surface area contributed by atoms with Crippen LogP contribution >= 0.6 is 0 Å². The Morgan fingerprint density at radius 3 is 2.67 bits per heavy atom. The predicted octanol–water partition coefficient (Wildman–Crippen LogP) is 3.22. The molecule has 2 aromatic rings. The number of rotatable bonds is 6. The lowest BCUT2D eigenvalue weighted by Crippen LogP contribution is -2.18. The van der Waals surface area contributed by atoms with Gasteiger partial charge in [-0.25, -0.2) is 8.42 Å². The summed E-state index contributed by atoms with van der Waals surface area (Å²) >= 11 is 0. The van der Waals surface area contributed by atoms with Crippen LogP contribution in [0.5, 0.6) is 5.75 Å². The van der Waals surface area contributed by atoms with Gasteiger partial charge in [-0.3, -0.25) is 9.62 Å². The molecule has 2 aromatic carbocycles. The summed E-state index contributed by atoms with van der Waals surface area (Å²) in [6.07, 6.45) is 1.08. The largest absolute Gasteiger partial charge is 0.495 e. The minimum absolute atomic E-state index is 0.147. The van der Waals surface area contributed by atoms with Crippen molar-refractivity contribution < 1.29 is 13.2 Å².